The summed E-state index contributed by atoms with van der Waals surface area (Å²) in [5.74, 6) is 0.515. The maximum atomic E-state index is 14.3. The molecule has 0 bridgehead atoms. The van der Waals surface area contributed by atoms with Crippen LogP contribution in [0.25, 0.3) is 16.5 Å². The van der Waals surface area contributed by atoms with Crippen LogP contribution in [0.1, 0.15) is 28.5 Å². The normalized spacial score (nSPS) is 15.6. The Kier molecular flexibility index (Phi) is 5.47. The number of nitrogens with zero attached hydrogens (tertiary/aromatic N) is 1. The van der Waals surface area contributed by atoms with Gasteiger partial charge in [-0.15, -0.1) is 0 Å². The molecule has 6 rings (SSSR count). The lowest BCUT2D eigenvalue weighted by atomic mass is 9.93. The number of hydrogen-bond donors (Lipinski definition) is 0. The van der Waals surface area contributed by atoms with Crippen molar-refractivity contribution in [1.29, 1.82) is 0 Å². The number of halogens is 1. The lowest BCUT2D eigenvalue weighted by Crippen LogP contribution is -2.36. The van der Waals surface area contributed by atoms with E-state index in [0.717, 1.165) is 27.6 Å². The molecule has 0 saturated carbocycles. The van der Waals surface area contributed by atoms with Crippen LogP contribution in [0, 0.1) is 6.92 Å². The second-order valence-corrected chi connectivity index (χ2v) is 11.1. The van der Waals surface area contributed by atoms with E-state index in [1.165, 1.54) is 4.31 Å². The molecule has 0 N–H and O–H groups in total. The van der Waals surface area contributed by atoms with Crippen LogP contribution in [0.5, 0.6) is 0 Å². The molecule has 4 aromatic carbocycles. The van der Waals surface area contributed by atoms with E-state index in [2.05, 4.69) is 0 Å². The first-order valence-electron chi connectivity index (χ1n) is 11.6. The number of sulfonamides is 1. The minimum Gasteiger partial charge on any atom is -0.454 e. The van der Waals surface area contributed by atoms with Gasteiger partial charge in [-0.05, 0) is 60.5 Å². The van der Waals surface area contributed by atoms with Crippen LogP contribution in [-0.2, 0) is 10.0 Å². The molecule has 4 nitrogen and oxygen atoms in total. The fraction of sp³-hybridized carbons (Fsp3) is 0.0667. The van der Waals surface area contributed by atoms with Gasteiger partial charge in [-0.2, -0.15) is 0 Å². The largest absolute Gasteiger partial charge is 0.454 e. The van der Waals surface area contributed by atoms with Crippen LogP contribution in [0.4, 0.5) is 5.69 Å². The smallest absolute Gasteiger partial charge is 0.265 e. The van der Waals surface area contributed by atoms with Gasteiger partial charge in [-0.3, -0.25) is 4.31 Å². The SMILES string of the molecule is Cc1ccc(S(=O)(=O)N2c3c(oc4ccccc34)C(c3ccc(Cl)cc3)=CC2c2ccccc2)cc1. The van der Waals surface area contributed by atoms with Crippen molar-refractivity contribution >= 4 is 43.9 Å². The second-order valence-electron chi connectivity index (χ2n) is 8.83. The van der Waals surface area contributed by atoms with Gasteiger partial charge in [0, 0.05) is 16.0 Å². The van der Waals surface area contributed by atoms with E-state index in [0.29, 0.717) is 22.1 Å². The average Bonchev–Trinajstić information content (AvgIpc) is 3.28. The Hall–Kier alpha value is -3.80. The molecule has 0 amide bonds. The third-order valence-electron chi connectivity index (χ3n) is 6.49. The van der Waals surface area contributed by atoms with Crippen molar-refractivity contribution in [1.82, 2.24) is 0 Å². The molecular weight excluding hydrogens is 490 g/mol. The molecule has 0 fully saturated rings. The van der Waals surface area contributed by atoms with Crippen molar-refractivity contribution in [2.24, 2.45) is 0 Å². The van der Waals surface area contributed by atoms with E-state index in [-0.39, 0.29) is 4.90 Å². The van der Waals surface area contributed by atoms with Crippen molar-refractivity contribution < 1.29 is 12.8 Å². The van der Waals surface area contributed by atoms with E-state index in [9.17, 15) is 8.42 Å². The molecule has 1 aliphatic heterocycles. The molecule has 1 unspecified atom stereocenters. The van der Waals surface area contributed by atoms with Crippen LogP contribution in [0.3, 0.4) is 0 Å². The van der Waals surface area contributed by atoms with E-state index in [1.54, 1.807) is 12.1 Å². The zero-order valence-corrected chi connectivity index (χ0v) is 21.0. The Labute approximate surface area is 215 Å². The van der Waals surface area contributed by atoms with Gasteiger partial charge in [0.25, 0.3) is 10.0 Å². The van der Waals surface area contributed by atoms with Crippen molar-refractivity contribution in [3.8, 4) is 0 Å². The molecular formula is C30H22ClNO3S. The van der Waals surface area contributed by atoms with Gasteiger partial charge in [-0.1, -0.05) is 83.9 Å². The Morgan fingerprint density at radius 2 is 1.47 bits per heavy atom. The summed E-state index contributed by atoms with van der Waals surface area (Å²) < 4.78 is 36.5. The van der Waals surface area contributed by atoms with Gasteiger partial charge in [0.2, 0.25) is 0 Å². The number of hydrogen-bond acceptors (Lipinski definition) is 3. The van der Waals surface area contributed by atoms with Crippen molar-refractivity contribution in [3.63, 3.8) is 0 Å². The van der Waals surface area contributed by atoms with Crippen LogP contribution in [-0.4, -0.2) is 8.42 Å². The maximum absolute atomic E-state index is 14.3. The third-order valence-corrected chi connectivity index (χ3v) is 8.53. The van der Waals surface area contributed by atoms with Crippen LogP contribution in [0.2, 0.25) is 5.02 Å². The summed E-state index contributed by atoms with van der Waals surface area (Å²) in [5.41, 5.74) is 4.73. The van der Waals surface area contributed by atoms with Gasteiger partial charge in [0.1, 0.15) is 11.3 Å². The lowest BCUT2D eigenvalue weighted by molar-refractivity contribution is 0.576. The molecule has 178 valence electrons. The predicted molar refractivity (Wildman–Crippen MR) is 145 cm³/mol. The third kappa shape index (κ3) is 3.72. The van der Waals surface area contributed by atoms with Crippen LogP contribution >= 0.6 is 11.6 Å². The van der Waals surface area contributed by atoms with Gasteiger partial charge in [-0.25, -0.2) is 8.42 Å². The fourth-order valence-corrected chi connectivity index (χ4v) is 6.44. The highest BCUT2D eigenvalue weighted by Gasteiger charge is 2.40. The molecule has 0 saturated heterocycles. The van der Waals surface area contributed by atoms with Crippen molar-refractivity contribution in [3.05, 3.63) is 137 Å². The summed E-state index contributed by atoms with van der Waals surface area (Å²) in [7, 11) is -3.96. The molecule has 1 aliphatic rings. The molecule has 1 atom stereocenters. The molecule has 6 heteroatoms. The molecule has 0 radical (unpaired) electrons. The average molecular weight is 512 g/mol. The number of furan rings is 1. The maximum Gasteiger partial charge on any atom is 0.265 e. The summed E-state index contributed by atoms with van der Waals surface area (Å²) in [5, 5.41) is 1.37. The highest BCUT2D eigenvalue weighted by molar-refractivity contribution is 7.92. The zero-order valence-electron chi connectivity index (χ0n) is 19.4. The molecule has 1 aromatic heterocycles. The summed E-state index contributed by atoms with van der Waals surface area (Å²) in [4.78, 5) is 0.230. The number of anilines is 1. The first-order chi connectivity index (χ1) is 17.4. The minimum atomic E-state index is -3.96. The summed E-state index contributed by atoms with van der Waals surface area (Å²) in [6.07, 6.45) is 1.97. The van der Waals surface area contributed by atoms with E-state index in [4.69, 9.17) is 16.0 Å². The highest BCUT2D eigenvalue weighted by atomic mass is 35.5. The quantitative estimate of drug-likeness (QED) is 0.247. The Morgan fingerprint density at radius 3 is 2.19 bits per heavy atom. The number of rotatable bonds is 4. The van der Waals surface area contributed by atoms with Gasteiger partial charge < -0.3 is 4.42 Å². The van der Waals surface area contributed by atoms with E-state index < -0.39 is 16.1 Å². The van der Waals surface area contributed by atoms with Crippen molar-refractivity contribution in [2.45, 2.75) is 17.9 Å². The number of benzene rings is 4. The standard InChI is InChI=1S/C30H22ClNO3S/c1-20-11-17-24(18-12-20)36(33,34)32-27(22-7-3-2-4-8-22)19-26(21-13-15-23(31)16-14-21)30-29(32)25-9-5-6-10-28(25)35-30/h2-19,27H,1H3. The first kappa shape index (κ1) is 22.7. The fourth-order valence-electron chi connectivity index (χ4n) is 4.71. The number of fused-ring (bicyclic) bond motifs is 3. The molecule has 0 aliphatic carbocycles. The lowest BCUT2D eigenvalue weighted by Gasteiger charge is -2.35. The van der Waals surface area contributed by atoms with E-state index in [1.807, 2.05) is 104 Å². The Morgan fingerprint density at radius 1 is 0.806 bits per heavy atom. The molecule has 0 spiro atoms. The van der Waals surface area contributed by atoms with E-state index >= 15 is 0 Å². The molecule has 36 heavy (non-hydrogen) atoms. The Bertz CT molecular complexity index is 1700. The Balaban J connectivity index is 1.68. The molecule has 5 aromatic rings. The summed E-state index contributed by atoms with van der Waals surface area (Å²) >= 11 is 6.17. The number of para-hydroxylation sites is 1. The number of aryl methyl sites for hydroxylation is 1. The van der Waals surface area contributed by atoms with Crippen LogP contribution < -0.4 is 4.31 Å². The summed E-state index contributed by atoms with van der Waals surface area (Å²) in [6.45, 7) is 1.94. The minimum absolute atomic E-state index is 0.230. The van der Waals surface area contributed by atoms with Gasteiger partial charge in [0.15, 0.2) is 5.76 Å². The summed E-state index contributed by atoms with van der Waals surface area (Å²) in [6, 6.07) is 31.1. The highest BCUT2D eigenvalue weighted by Crippen LogP contribution is 2.50. The van der Waals surface area contributed by atoms with Crippen LogP contribution in [0.15, 0.2) is 119 Å². The first-order valence-corrected chi connectivity index (χ1v) is 13.4. The second kappa shape index (κ2) is 8.70. The van der Waals surface area contributed by atoms with Crippen molar-refractivity contribution in [2.75, 3.05) is 4.31 Å². The monoisotopic (exact) mass is 511 g/mol. The van der Waals surface area contributed by atoms with Gasteiger partial charge >= 0.3 is 0 Å². The molecule has 2 heterocycles. The van der Waals surface area contributed by atoms with Gasteiger partial charge in [0.05, 0.1) is 10.9 Å². The topological polar surface area (TPSA) is 50.5 Å². The predicted octanol–water partition coefficient (Wildman–Crippen LogP) is 7.78. The zero-order chi connectivity index (χ0) is 24.9.